The van der Waals surface area contributed by atoms with Gasteiger partial charge in [0.25, 0.3) is 0 Å². The summed E-state index contributed by atoms with van der Waals surface area (Å²) >= 11 is 0. The second kappa shape index (κ2) is 5.44. The molecule has 4 nitrogen and oxygen atoms in total. The van der Waals surface area contributed by atoms with Crippen LogP contribution in [0.4, 0.5) is 11.4 Å². The maximum Gasteiger partial charge on any atom is 0.325 e. The molecule has 4 heteroatoms. The van der Waals surface area contributed by atoms with Crippen LogP contribution in [0, 0.1) is 0 Å². The summed E-state index contributed by atoms with van der Waals surface area (Å²) < 4.78 is 0. The molecule has 1 unspecified atom stereocenters. The van der Waals surface area contributed by atoms with Crippen molar-refractivity contribution in [2.45, 2.75) is 13.0 Å². The van der Waals surface area contributed by atoms with Crippen LogP contribution in [0.3, 0.4) is 0 Å². The van der Waals surface area contributed by atoms with Crippen LogP contribution in [0.1, 0.15) is 6.92 Å². The van der Waals surface area contributed by atoms with E-state index in [9.17, 15) is 4.79 Å². The average Bonchev–Trinajstić information content (AvgIpc) is 2.40. The number of carboxylic acids is 1. The topological polar surface area (TPSA) is 75.3 Å². The van der Waals surface area contributed by atoms with Crippen LogP contribution in [-0.2, 0) is 4.79 Å². The van der Waals surface area contributed by atoms with E-state index in [4.69, 9.17) is 10.8 Å². The molecule has 0 heterocycles. The Morgan fingerprint density at radius 2 is 1.79 bits per heavy atom. The number of hydrogen-bond acceptors (Lipinski definition) is 3. The molecule has 1 atom stereocenters. The molecule has 0 aliphatic rings. The van der Waals surface area contributed by atoms with Crippen molar-refractivity contribution < 1.29 is 9.90 Å². The van der Waals surface area contributed by atoms with Gasteiger partial charge < -0.3 is 16.2 Å². The number of nitrogens with two attached hydrogens (primary N) is 1. The second-order valence-electron chi connectivity index (χ2n) is 4.37. The average molecular weight is 256 g/mol. The smallest absolute Gasteiger partial charge is 0.325 e. The first kappa shape index (κ1) is 13.0. The van der Waals surface area contributed by atoms with Gasteiger partial charge in [-0.25, -0.2) is 0 Å². The molecule has 0 aliphatic heterocycles. The molecule has 2 rings (SSSR count). The zero-order valence-corrected chi connectivity index (χ0v) is 10.6. The fourth-order valence-electron chi connectivity index (χ4n) is 1.82. The van der Waals surface area contributed by atoms with Gasteiger partial charge in [0.1, 0.15) is 6.04 Å². The number of aliphatic carboxylic acids is 1. The van der Waals surface area contributed by atoms with Crippen molar-refractivity contribution in [1.29, 1.82) is 0 Å². The first-order valence-electron chi connectivity index (χ1n) is 6.02. The highest BCUT2D eigenvalue weighted by molar-refractivity contribution is 5.79. The molecule has 0 spiro atoms. The summed E-state index contributed by atoms with van der Waals surface area (Å²) in [6, 6.07) is 14.6. The molecule has 0 saturated heterocycles. The Balaban J connectivity index is 2.19. The van der Waals surface area contributed by atoms with Crippen molar-refractivity contribution in [2.24, 2.45) is 0 Å². The lowest BCUT2D eigenvalue weighted by Crippen LogP contribution is -2.25. The Morgan fingerprint density at radius 3 is 2.37 bits per heavy atom. The summed E-state index contributed by atoms with van der Waals surface area (Å²) in [5, 5.41) is 11.7. The van der Waals surface area contributed by atoms with Gasteiger partial charge in [-0.2, -0.15) is 0 Å². The predicted molar refractivity (Wildman–Crippen MR) is 77.0 cm³/mol. The van der Waals surface area contributed by atoms with Gasteiger partial charge in [0.2, 0.25) is 0 Å². The van der Waals surface area contributed by atoms with E-state index < -0.39 is 12.0 Å². The van der Waals surface area contributed by atoms with E-state index in [0.29, 0.717) is 0 Å². The zero-order valence-electron chi connectivity index (χ0n) is 10.6. The summed E-state index contributed by atoms with van der Waals surface area (Å²) in [5.74, 6) is -0.878. The molecule has 0 bridgehead atoms. The lowest BCUT2D eigenvalue weighted by Gasteiger charge is -2.11. The Labute approximate surface area is 111 Å². The maximum absolute atomic E-state index is 10.8. The third-order valence-corrected chi connectivity index (χ3v) is 2.91. The Morgan fingerprint density at radius 1 is 1.16 bits per heavy atom. The maximum atomic E-state index is 10.8. The SMILES string of the molecule is CC(Nc1ccc(-c2ccccc2N)cc1)C(=O)O. The minimum Gasteiger partial charge on any atom is -0.480 e. The van der Waals surface area contributed by atoms with Crippen LogP contribution in [0.25, 0.3) is 11.1 Å². The fraction of sp³-hybridized carbons (Fsp3) is 0.133. The van der Waals surface area contributed by atoms with E-state index in [1.165, 1.54) is 0 Å². The molecular weight excluding hydrogens is 240 g/mol. The van der Waals surface area contributed by atoms with Crippen LogP contribution in [0.5, 0.6) is 0 Å². The number of carbonyl (C=O) groups is 1. The predicted octanol–water partition coefficient (Wildman–Crippen LogP) is 2.82. The Kier molecular flexibility index (Phi) is 3.71. The third kappa shape index (κ3) is 3.04. The molecule has 4 N–H and O–H groups in total. The van der Waals surface area contributed by atoms with Crippen molar-refractivity contribution in [1.82, 2.24) is 0 Å². The molecule has 0 aromatic heterocycles. The lowest BCUT2D eigenvalue weighted by atomic mass is 10.0. The largest absolute Gasteiger partial charge is 0.480 e. The van der Waals surface area contributed by atoms with Gasteiger partial charge in [0.05, 0.1) is 0 Å². The highest BCUT2D eigenvalue weighted by Gasteiger charge is 2.10. The number of benzene rings is 2. The van der Waals surface area contributed by atoms with E-state index >= 15 is 0 Å². The summed E-state index contributed by atoms with van der Waals surface area (Å²) in [7, 11) is 0. The molecule has 0 amide bonds. The number of nitrogen functional groups attached to an aromatic ring is 1. The molecule has 0 saturated carbocycles. The standard InChI is InChI=1S/C15H16N2O2/c1-10(15(18)19)17-12-8-6-11(7-9-12)13-4-2-3-5-14(13)16/h2-10,17H,16H2,1H3,(H,18,19). The third-order valence-electron chi connectivity index (χ3n) is 2.91. The van der Waals surface area contributed by atoms with Crippen LogP contribution in [0.15, 0.2) is 48.5 Å². The van der Waals surface area contributed by atoms with Gasteiger partial charge in [-0.1, -0.05) is 30.3 Å². The van der Waals surface area contributed by atoms with E-state index in [2.05, 4.69) is 5.32 Å². The van der Waals surface area contributed by atoms with Crippen LogP contribution < -0.4 is 11.1 Å². The minimum atomic E-state index is -0.878. The first-order chi connectivity index (χ1) is 9.08. The van der Waals surface area contributed by atoms with E-state index in [1.807, 2.05) is 48.5 Å². The molecular formula is C15H16N2O2. The van der Waals surface area contributed by atoms with Crippen molar-refractivity contribution >= 4 is 17.3 Å². The number of anilines is 2. The molecule has 2 aromatic carbocycles. The van der Waals surface area contributed by atoms with Crippen LogP contribution in [0.2, 0.25) is 0 Å². The zero-order chi connectivity index (χ0) is 13.8. The number of para-hydroxylation sites is 1. The van der Waals surface area contributed by atoms with Crippen molar-refractivity contribution in [3.05, 3.63) is 48.5 Å². The Bertz CT molecular complexity index is 579. The lowest BCUT2D eigenvalue weighted by molar-refractivity contribution is -0.137. The molecule has 0 aliphatic carbocycles. The van der Waals surface area contributed by atoms with E-state index in [0.717, 1.165) is 22.5 Å². The van der Waals surface area contributed by atoms with Gasteiger partial charge in [-0.05, 0) is 30.7 Å². The number of nitrogens with one attached hydrogen (secondary N) is 1. The summed E-state index contributed by atoms with van der Waals surface area (Å²) in [6.07, 6.45) is 0. The second-order valence-corrected chi connectivity index (χ2v) is 4.37. The molecule has 0 fully saturated rings. The summed E-state index contributed by atoms with van der Waals surface area (Å²) in [6.45, 7) is 1.60. The van der Waals surface area contributed by atoms with Crippen molar-refractivity contribution in [3.63, 3.8) is 0 Å². The van der Waals surface area contributed by atoms with Gasteiger partial charge in [0.15, 0.2) is 0 Å². The highest BCUT2D eigenvalue weighted by atomic mass is 16.4. The number of carboxylic acid groups (broad SMARTS) is 1. The molecule has 19 heavy (non-hydrogen) atoms. The van der Waals surface area contributed by atoms with Gasteiger partial charge in [-0.15, -0.1) is 0 Å². The number of rotatable bonds is 4. The highest BCUT2D eigenvalue weighted by Crippen LogP contribution is 2.26. The normalized spacial score (nSPS) is 11.8. The molecule has 0 radical (unpaired) electrons. The first-order valence-corrected chi connectivity index (χ1v) is 6.02. The molecule has 2 aromatic rings. The van der Waals surface area contributed by atoms with Crippen molar-refractivity contribution in [2.75, 3.05) is 11.1 Å². The van der Waals surface area contributed by atoms with Crippen LogP contribution in [-0.4, -0.2) is 17.1 Å². The summed E-state index contributed by atoms with van der Waals surface area (Å²) in [4.78, 5) is 10.8. The van der Waals surface area contributed by atoms with Gasteiger partial charge >= 0.3 is 5.97 Å². The minimum absolute atomic E-state index is 0.618. The number of hydrogen-bond donors (Lipinski definition) is 3. The van der Waals surface area contributed by atoms with Crippen LogP contribution >= 0.6 is 0 Å². The van der Waals surface area contributed by atoms with E-state index in [1.54, 1.807) is 6.92 Å². The quantitative estimate of drug-likeness (QED) is 0.735. The Hall–Kier alpha value is -2.49. The van der Waals surface area contributed by atoms with Gasteiger partial charge in [-0.3, -0.25) is 4.79 Å². The fourth-order valence-corrected chi connectivity index (χ4v) is 1.82. The van der Waals surface area contributed by atoms with Gasteiger partial charge in [0, 0.05) is 16.9 Å². The van der Waals surface area contributed by atoms with E-state index in [-0.39, 0.29) is 0 Å². The monoisotopic (exact) mass is 256 g/mol. The molecule has 98 valence electrons. The van der Waals surface area contributed by atoms with Crippen molar-refractivity contribution in [3.8, 4) is 11.1 Å². The summed E-state index contributed by atoms with van der Waals surface area (Å²) in [5.41, 5.74) is 9.39.